The molecule has 0 radical (unpaired) electrons. The maximum absolute atomic E-state index is 12.5. The summed E-state index contributed by atoms with van der Waals surface area (Å²) in [6, 6.07) is -0.168. The summed E-state index contributed by atoms with van der Waals surface area (Å²) in [5.41, 5.74) is -0.398. The van der Waals surface area contributed by atoms with Crippen LogP contribution in [-0.2, 0) is 28.5 Å². The molecule has 0 heterocycles. The van der Waals surface area contributed by atoms with Gasteiger partial charge in [0.15, 0.2) is 0 Å². The Balaban J connectivity index is 2.65. The minimum absolute atomic E-state index is 0.0414. The van der Waals surface area contributed by atoms with Gasteiger partial charge in [-0.05, 0) is 42.9 Å². The summed E-state index contributed by atoms with van der Waals surface area (Å²) in [5.74, 6) is -1.15. The fraction of sp³-hybridized carbons (Fsp3) is 0.692. The molecule has 0 saturated heterocycles. The molecule has 2 N–H and O–H groups in total. The Bertz CT molecular complexity index is 797. The van der Waals surface area contributed by atoms with Crippen molar-refractivity contribution in [3.63, 3.8) is 0 Å². The van der Waals surface area contributed by atoms with Crippen LogP contribution >= 0.6 is 0 Å². The second-order valence-corrected chi connectivity index (χ2v) is 10.3. The molecule has 0 bridgehead atoms. The molecule has 1 aliphatic carbocycles. The van der Waals surface area contributed by atoms with Crippen LogP contribution in [0.3, 0.4) is 0 Å². The molecule has 1 fully saturated rings. The highest BCUT2D eigenvalue weighted by molar-refractivity contribution is 5.81. The Kier molecular flexibility index (Phi) is 12.5. The Morgan fingerprint density at radius 1 is 0.889 bits per heavy atom. The molecular formula is C26H42N2O8. The van der Waals surface area contributed by atoms with Crippen molar-refractivity contribution in [2.45, 2.75) is 85.0 Å². The third-order valence-corrected chi connectivity index (χ3v) is 6.04. The van der Waals surface area contributed by atoms with Gasteiger partial charge in [0, 0.05) is 24.7 Å². The van der Waals surface area contributed by atoms with E-state index in [4.69, 9.17) is 18.9 Å². The topological polar surface area (TPSA) is 129 Å². The molecule has 0 aromatic heterocycles. The van der Waals surface area contributed by atoms with E-state index in [1.54, 1.807) is 0 Å². The van der Waals surface area contributed by atoms with E-state index >= 15 is 0 Å². The number of rotatable bonds is 13. The smallest absolute Gasteiger partial charge is 0.407 e. The molecule has 2 amide bonds. The van der Waals surface area contributed by atoms with E-state index in [1.165, 1.54) is 0 Å². The van der Waals surface area contributed by atoms with Gasteiger partial charge in [0.2, 0.25) is 0 Å². The SMILES string of the molecule is C=CC(=O)OCC(CC)OC(=O)NCC1(C)CC(NC(=O)OC(CC)COC(=O)C=C)CC(C)(C)C1. The van der Waals surface area contributed by atoms with Crippen molar-refractivity contribution in [1.82, 2.24) is 10.6 Å². The van der Waals surface area contributed by atoms with E-state index in [-0.39, 0.29) is 30.1 Å². The second-order valence-electron chi connectivity index (χ2n) is 10.3. The number of nitrogens with one attached hydrogen (secondary N) is 2. The van der Waals surface area contributed by atoms with Gasteiger partial charge in [-0.3, -0.25) is 0 Å². The van der Waals surface area contributed by atoms with Crippen molar-refractivity contribution in [2.75, 3.05) is 19.8 Å². The van der Waals surface area contributed by atoms with Gasteiger partial charge in [-0.15, -0.1) is 0 Å². The van der Waals surface area contributed by atoms with E-state index in [0.29, 0.717) is 25.8 Å². The molecule has 10 nitrogen and oxygen atoms in total. The fourth-order valence-corrected chi connectivity index (χ4v) is 4.64. The number of ether oxygens (including phenoxy) is 4. The summed E-state index contributed by atoms with van der Waals surface area (Å²) in [5, 5.41) is 5.76. The van der Waals surface area contributed by atoms with Crippen LogP contribution in [0.1, 0.15) is 66.7 Å². The lowest BCUT2D eigenvalue weighted by Gasteiger charge is -2.46. The Hall–Kier alpha value is -3.04. The quantitative estimate of drug-likeness (QED) is 0.216. The van der Waals surface area contributed by atoms with Crippen LogP contribution in [0.4, 0.5) is 9.59 Å². The van der Waals surface area contributed by atoms with Crippen LogP contribution in [0.5, 0.6) is 0 Å². The number of amides is 2. The number of hydrogen-bond acceptors (Lipinski definition) is 8. The average molecular weight is 511 g/mol. The number of carbonyl (C=O) groups excluding carboxylic acids is 4. The van der Waals surface area contributed by atoms with Crippen molar-refractivity contribution in [3.8, 4) is 0 Å². The predicted molar refractivity (Wildman–Crippen MR) is 134 cm³/mol. The van der Waals surface area contributed by atoms with Gasteiger partial charge >= 0.3 is 24.1 Å². The summed E-state index contributed by atoms with van der Waals surface area (Å²) in [7, 11) is 0. The van der Waals surface area contributed by atoms with Crippen molar-refractivity contribution in [2.24, 2.45) is 10.8 Å². The van der Waals surface area contributed by atoms with Gasteiger partial charge in [-0.1, -0.05) is 47.8 Å². The lowest BCUT2D eigenvalue weighted by Crippen LogP contribution is -2.51. The van der Waals surface area contributed by atoms with Gasteiger partial charge in [0.25, 0.3) is 0 Å². The fourth-order valence-electron chi connectivity index (χ4n) is 4.64. The molecule has 1 aliphatic rings. The molecule has 0 aliphatic heterocycles. The van der Waals surface area contributed by atoms with E-state index in [1.807, 2.05) is 13.8 Å². The summed E-state index contributed by atoms with van der Waals surface area (Å²) in [6.45, 7) is 16.9. The standard InChI is InChI=1S/C26H42N2O8/c1-8-19(14-33-21(29)10-3)35-23(31)27-17-26(7)13-18(12-25(5,6)16-26)28-24(32)36-20(9-2)15-34-22(30)11-4/h10-11,18-20H,3-4,8-9,12-17H2,1-2,5-7H3,(H,27,31)(H,28,32). The van der Waals surface area contributed by atoms with Crippen LogP contribution in [0.15, 0.2) is 25.3 Å². The zero-order chi connectivity index (χ0) is 27.4. The summed E-state index contributed by atoms with van der Waals surface area (Å²) in [6.07, 6.45) is 3.00. The largest absolute Gasteiger partial charge is 0.459 e. The highest BCUT2D eigenvalue weighted by Crippen LogP contribution is 2.45. The molecule has 1 rings (SSSR count). The van der Waals surface area contributed by atoms with Gasteiger partial charge in [0.1, 0.15) is 25.4 Å². The van der Waals surface area contributed by atoms with E-state index in [9.17, 15) is 19.2 Å². The molecule has 36 heavy (non-hydrogen) atoms. The predicted octanol–water partition coefficient (Wildman–Crippen LogP) is 4.04. The van der Waals surface area contributed by atoms with Crippen molar-refractivity contribution in [3.05, 3.63) is 25.3 Å². The van der Waals surface area contributed by atoms with Crippen LogP contribution in [0, 0.1) is 10.8 Å². The summed E-state index contributed by atoms with van der Waals surface area (Å²) >= 11 is 0. The van der Waals surface area contributed by atoms with Crippen molar-refractivity contribution in [1.29, 1.82) is 0 Å². The van der Waals surface area contributed by atoms with Gasteiger partial charge < -0.3 is 29.6 Å². The Morgan fingerprint density at radius 2 is 1.39 bits per heavy atom. The minimum Gasteiger partial charge on any atom is -0.459 e. The lowest BCUT2D eigenvalue weighted by molar-refractivity contribution is -0.141. The highest BCUT2D eigenvalue weighted by Gasteiger charge is 2.42. The van der Waals surface area contributed by atoms with Crippen LogP contribution in [-0.4, -0.2) is 62.1 Å². The normalized spacial score (nSPS) is 22.2. The van der Waals surface area contributed by atoms with Crippen LogP contribution in [0.2, 0.25) is 0 Å². The van der Waals surface area contributed by atoms with Gasteiger partial charge in [0.05, 0.1) is 0 Å². The third kappa shape index (κ3) is 11.6. The summed E-state index contributed by atoms with van der Waals surface area (Å²) < 4.78 is 20.8. The monoisotopic (exact) mass is 510 g/mol. The van der Waals surface area contributed by atoms with Crippen molar-refractivity contribution < 1.29 is 38.1 Å². The zero-order valence-electron chi connectivity index (χ0n) is 22.2. The summed E-state index contributed by atoms with van der Waals surface area (Å²) in [4.78, 5) is 47.5. The maximum Gasteiger partial charge on any atom is 0.407 e. The average Bonchev–Trinajstić information content (AvgIpc) is 2.81. The number of carbonyl (C=O) groups is 4. The molecule has 10 heteroatoms. The molecule has 0 spiro atoms. The van der Waals surface area contributed by atoms with Crippen molar-refractivity contribution >= 4 is 24.1 Å². The minimum atomic E-state index is -0.593. The number of esters is 2. The van der Waals surface area contributed by atoms with Crippen LogP contribution in [0.25, 0.3) is 0 Å². The van der Waals surface area contributed by atoms with E-state index in [0.717, 1.165) is 25.0 Å². The Morgan fingerprint density at radius 3 is 1.86 bits per heavy atom. The first kappa shape index (κ1) is 31.0. The number of hydrogen-bond donors (Lipinski definition) is 2. The van der Waals surface area contributed by atoms with E-state index < -0.39 is 36.3 Å². The highest BCUT2D eigenvalue weighted by atomic mass is 16.6. The molecule has 0 aromatic rings. The first-order chi connectivity index (χ1) is 16.8. The van der Waals surface area contributed by atoms with Gasteiger partial charge in [-0.2, -0.15) is 0 Å². The lowest BCUT2D eigenvalue weighted by atomic mass is 9.62. The maximum atomic E-state index is 12.5. The molecule has 0 aromatic carbocycles. The molecule has 1 saturated carbocycles. The second kappa shape index (κ2) is 14.5. The van der Waals surface area contributed by atoms with E-state index in [2.05, 4.69) is 44.6 Å². The third-order valence-electron chi connectivity index (χ3n) is 6.04. The zero-order valence-corrected chi connectivity index (χ0v) is 22.2. The van der Waals surface area contributed by atoms with Crippen LogP contribution < -0.4 is 10.6 Å². The number of alkyl carbamates (subject to hydrolysis) is 2. The molecule has 4 atom stereocenters. The van der Waals surface area contributed by atoms with Gasteiger partial charge in [-0.25, -0.2) is 19.2 Å². The molecule has 204 valence electrons. The first-order valence-corrected chi connectivity index (χ1v) is 12.3. The first-order valence-electron chi connectivity index (χ1n) is 12.3. The molecule has 4 unspecified atom stereocenters. The Labute approximate surface area is 214 Å². The molecular weight excluding hydrogens is 468 g/mol.